The zero-order valence-corrected chi connectivity index (χ0v) is 11.2. The van der Waals surface area contributed by atoms with E-state index < -0.39 is 17.7 Å². The molecule has 1 unspecified atom stereocenters. The number of aromatic nitrogens is 1. The highest BCUT2D eigenvalue weighted by Gasteiger charge is 2.13. The molecule has 102 valence electrons. The molecule has 0 spiro atoms. The quantitative estimate of drug-likeness (QED) is 0.795. The number of aliphatic hydroxyl groups is 1. The van der Waals surface area contributed by atoms with E-state index in [2.05, 4.69) is 4.98 Å². The first-order chi connectivity index (χ1) is 9.63. The van der Waals surface area contributed by atoms with Crippen LogP contribution in [0.4, 0.5) is 8.78 Å². The summed E-state index contributed by atoms with van der Waals surface area (Å²) in [5.41, 5.74) is 1.62. The normalized spacial score (nSPS) is 12.8. The molecule has 0 radical (unpaired) electrons. The van der Waals surface area contributed by atoms with Crippen LogP contribution in [-0.4, -0.2) is 10.1 Å². The molecule has 3 aromatic rings. The van der Waals surface area contributed by atoms with Gasteiger partial charge in [0.2, 0.25) is 0 Å². The average molecular weight is 291 g/mol. The highest BCUT2D eigenvalue weighted by molar-refractivity contribution is 7.17. The van der Waals surface area contributed by atoms with Gasteiger partial charge in [-0.15, -0.1) is 11.3 Å². The first kappa shape index (κ1) is 13.1. The maximum absolute atomic E-state index is 13.6. The monoisotopic (exact) mass is 291 g/mol. The second kappa shape index (κ2) is 5.26. The minimum atomic E-state index is -0.912. The average Bonchev–Trinajstić information content (AvgIpc) is 2.90. The number of thiophene rings is 1. The first-order valence-corrected chi connectivity index (χ1v) is 6.96. The van der Waals surface area contributed by atoms with Gasteiger partial charge < -0.3 is 5.11 Å². The maximum Gasteiger partial charge on any atom is 0.126 e. The van der Waals surface area contributed by atoms with Crippen molar-refractivity contribution in [2.45, 2.75) is 12.5 Å². The summed E-state index contributed by atoms with van der Waals surface area (Å²) < 4.78 is 27.6. The molecule has 0 bridgehead atoms. The molecule has 0 aliphatic heterocycles. The van der Waals surface area contributed by atoms with Crippen LogP contribution >= 0.6 is 11.3 Å². The van der Waals surface area contributed by atoms with Crippen molar-refractivity contribution in [3.63, 3.8) is 0 Å². The fourth-order valence-corrected chi connectivity index (χ4v) is 2.86. The van der Waals surface area contributed by atoms with E-state index in [4.69, 9.17) is 0 Å². The lowest BCUT2D eigenvalue weighted by atomic mass is 10.0. The van der Waals surface area contributed by atoms with Crippen LogP contribution in [0.2, 0.25) is 0 Å². The predicted octanol–water partition coefficient (Wildman–Crippen LogP) is 3.85. The Labute approximate surface area is 118 Å². The van der Waals surface area contributed by atoms with Crippen LogP contribution in [0.15, 0.2) is 41.9 Å². The lowest BCUT2D eigenvalue weighted by molar-refractivity contribution is 0.177. The molecule has 0 aliphatic carbocycles. The number of nitrogens with zero attached hydrogens (tertiary/aromatic N) is 1. The van der Waals surface area contributed by atoms with Crippen LogP contribution < -0.4 is 0 Å². The molecular weight excluding hydrogens is 280 g/mol. The molecule has 0 saturated heterocycles. The molecule has 0 fully saturated rings. The molecule has 0 saturated carbocycles. The number of hydrogen-bond acceptors (Lipinski definition) is 3. The molecule has 0 amide bonds. The summed E-state index contributed by atoms with van der Waals surface area (Å²) in [6.07, 6.45) is 0.671. The van der Waals surface area contributed by atoms with Crippen LogP contribution in [-0.2, 0) is 6.42 Å². The smallest absolute Gasteiger partial charge is 0.126 e. The van der Waals surface area contributed by atoms with E-state index in [0.717, 1.165) is 28.4 Å². The van der Waals surface area contributed by atoms with Crippen molar-refractivity contribution in [3.8, 4) is 0 Å². The van der Waals surface area contributed by atoms with E-state index in [1.165, 1.54) is 11.3 Å². The van der Waals surface area contributed by atoms with E-state index in [-0.39, 0.29) is 12.0 Å². The van der Waals surface area contributed by atoms with Gasteiger partial charge in [0.25, 0.3) is 0 Å². The number of fused-ring (bicyclic) bond motifs is 1. The van der Waals surface area contributed by atoms with E-state index in [1.54, 1.807) is 6.20 Å². The second-order valence-corrected chi connectivity index (χ2v) is 5.48. The van der Waals surface area contributed by atoms with E-state index in [9.17, 15) is 13.9 Å². The zero-order valence-electron chi connectivity index (χ0n) is 10.4. The number of aliphatic hydroxyl groups excluding tert-OH is 1. The number of pyridine rings is 1. The molecule has 1 aromatic carbocycles. The lowest BCUT2D eigenvalue weighted by Crippen LogP contribution is -2.04. The van der Waals surface area contributed by atoms with Gasteiger partial charge in [0.05, 0.1) is 16.3 Å². The lowest BCUT2D eigenvalue weighted by Gasteiger charge is -2.11. The fourth-order valence-electron chi connectivity index (χ4n) is 2.07. The van der Waals surface area contributed by atoms with Gasteiger partial charge in [-0.2, -0.15) is 0 Å². The van der Waals surface area contributed by atoms with E-state index >= 15 is 0 Å². The van der Waals surface area contributed by atoms with Crippen molar-refractivity contribution in [1.29, 1.82) is 0 Å². The van der Waals surface area contributed by atoms with Gasteiger partial charge in [-0.05, 0) is 41.3 Å². The summed E-state index contributed by atoms with van der Waals surface area (Å²) in [5.74, 6) is -1.03. The third kappa shape index (κ3) is 2.55. The Morgan fingerprint density at radius 2 is 2.05 bits per heavy atom. The number of benzene rings is 1. The zero-order chi connectivity index (χ0) is 14.1. The van der Waals surface area contributed by atoms with Crippen molar-refractivity contribution < 1.29 is 13.9 Å². The Hall–Kier alpha value is -1.85. The van der Waals surface area contributed by atoms with Gasteiger partial charge in [0.15, 0.2) is 0 Å². The molecular formula is C15H11F2NOS. The molecule has 0 aliphatic rings. The van der Waals surface area contributed by atoms with E-state index in [1.807, 2.05) is 17.5 Å². The summed E-state index contributed by atoms with van der Waals surface area (Å²) in [6, 6.07) is 6.95. The number of halogens is 2. The van der Waals surface area contributed by atoms with Crippen LogP contribution in [0.1, 0.15) is 17.2 Å². The molecule has 2 aromatic heterocycles. The third-order valence-corrected chi connectivity index (χ3v) is 3.98. The molecule has 2 heterocycles. The van der Waals surface area contributed by atoms with Crippen LogP contribution in [0.5, 0.6) is 0 Å². The highest BCUT2D eigenvalue weighted by Crippen LogP contribution is 2.25. The molecule has 2 nitrogen and oxygen atoms in total. The standard InChI is InChI=1S/C15H11F2NOS/c16-11-1-2-12(17)9(5-11)6-14(19)10-7-15-13(18-8-10)3-4-20-15/h1-5,7-8,14,19H,6H2. The summed E-state index contributed by atoms with van der Waals surface area (Å²) in [7, 11) is 0. The van der Waals surface area contributed by atoms with Gasteiger partial charge in [0, 0.05) is 18.2 Å². The van der Waals surface area contributed by atoms with Crippen molar-refractivity contribution >= 4 is 21.6 Å². The highest BCUT2D eigenvalue weighted by atomic mass is 32.1. The molecule has 1 atom stereocenters. The van der Waals surface area contributed by atoms with Crippen molar-refractivity contribution in [3.05, 3.63) is 64.7 Å². The summed E-state index contributed by atoms with van der Waals surface area (Å²) >= 11 is 1.52. The fraction of sp³-hybridized carbons (Fsp3) is 0.133. The Morgan fingerprint density at radius 3 is 2.90 bits per heavy atom. The van der Waals surface area contributed by atoms with E-state index in [0.29, 0.717) is 5.56 Å². The summed E-state index contributed by atoms with van der Waals surface area (Å²) in [4.78, 5) is 4.23. The topological polar surface area (TPSA) is 33.1 Å². The predicted molar refractivity (Wildman–Crippen MR) is 74.6 cm³/mol. The largest absolute Gasteiger partial charge is 0.388 e. The first-order valence-electron chi connectivity index (χ1n) is 6.08. The Kier molecular flexibility index (Phi) is 3.46. The van der Waals surface area contributed by atoms with Crippen molar-refractivity contribution in [2.75, 3.05) is 0 Å². The molecule has 20 heavy (non-hydrogen) atoms. The molecule has 3 rings (SSSR count). The van der Waals surface area contributed by atoms with Gasteiger partial charge in [-0.3, -0.25) is 4.98 Å². The van der Waals surface area contributed by atoms with Crippen LogP contribution in [0.25, 0.3) is 10.2 Å². The Balaban J connectivity index is 1.88. The maximum atomic E-state index is 13.6. The molecule has 5 heteroatoms. The van der Waals surface area contributed by atoms with Gasteiger partial charge in [-0.1, -0.05) is 0 Å². The third-order valence-electron chi connectivity index (χ3n) is 3.13. The second-order valence-electron chi connectivity index (χ2n) is 4.53. The Morgan fingerprint density at radius 1 is 1.20 bits per heavy atom. The number of rotatable bonds is 3. The Bertz CT molecular complexity index is 756. The van der Waals surface area contributed by atoms with Gasteiger partial charge >= 0.3 is 0 Å². The van der Waals surface area contributed by atoms with Crippen LogP contribution in [0, 0.1) is 11.6 Å². The summed E-state index contributed by atoms with van der Waals surface area (Å²) in [6.45, 7) is 0. The van der Waals surface area contributed by atoms with Crippen LogP contribution in [0.3, 0.4) is 0 Å². The summed E-state index contributed by atoms with van der Waals surface area (Å²) in [5, 5.41) is 12.1. The van der Waals surface area contributed by atoms with Gasteiger partial charge in [0.1, 0.15) is 11.6 Å². The SMILES string of the molecule is OC(Cc1cc(F)ccc1F)c1cnc2ccsc2c1. The minimum Gasteiger partial charge on any atom is -0.388 e. The van der Waals surface area contributed by atoms with Crippen molar-refractivity contribution in [2.24, 2.45) is 0 Å². The molecule has 1 N–H and O–H groups in total. The minimum absolute atomic E-state index is 0.0160. The number of hydrogen-bond donors (Lipinski definition) is 1. The van der Waals surface area contributed by atoms with Gasteiger partial charge in [-0.25, -0.2) is 8.78 Å². The van der Waals surface area contributed by atoms with Crippen molar-refractivity contribution in [1.82, 2.24) is 4.98 Å².